The molecule has 2 bridgehead atoms. The van der Waals surface area contributed by atoms with E-state index in [0.29, 0.717) is 16.9 Å². The summed E-state index contributed by atoms with van der Waals surface area (Å²) in [5.74, 6) is 1.13. The third kappa shape index (κ3) is 2.10. The standard InChI is InChI=1S/C18H23N3/c1-17(2)8-13-9-18(3,10-17)11-21(13)16-14-6-4-5-7-15(14)19-12-20-16/h4-7,12-13H,8-11H2,1-3H3. The first kappa shape index (κ1) is 13.1. The van der Waals surface area contributed by atoms with Crippen molar-refractivity contribution in [1.29, 1.82) is 0 Å². The van der Waals surface area contributed by atoms with Crippen LogP contribution < -0.4 is 4.90 Å². The molecule has 110 valence electrons. The topological polar surface area (TPSA) is 29.0 Å². The highest BCUT2D eigenvalue weighted by atomic mass is 15.3. The van der Waals surface area contributed by atoms with Gasteiger partial charge < -0.3 is 4.90 Å². The maximum absolute atomic E-state index is 4.64. The van der Waals surface area contributed by atoms with Crippen LogP contribution in [0.5, 0.6) is 0 Å². The van der Waals surface area contributed by atoms with Crippen LogP contribution in [0.25, 0.3) is 10.9 Å². The number of nitrogens with zero attached hydrogens (tertiary/aromatic N) is 3. The maximum atomic E-state index is 4.64. The van der Waals surface area contributed by atoms with Gasteiger partial charge in [-0.1, -0.05) is 32.9 Å². The largest absolute Gasteiger partial charge is 0.352 e. The summed E-state index contributed by atoms with van der Waals surface area (Å²) in [6.07, 6.45) is 5.60. The van der Waals surface area contributed by atoms with E-state index in [0.717, 1.165) is 17.9 Å². The Morgan fingerprint density at radius 3 is 2.76 bits per heavy atom. The number of benzene rings is 1. The summed E-state index contributed by atoms with van der Waals surface area (Å²) in [5.41, 5.74) is 1.92. The van der Waals surface area contributed by atoms with Gasteiger partial charge in [-0.3, -0.25) is 0 Å². The van der Waals surface area contributed by atoms with E-state index in [4.69, 9.17) is 0 Å². The second kappa shape index (κ2) is 4.19. The van der Waals surface area contributed by atoms with Crippen LogP contribution in [0.4, 0.5) is 5.82 Å². The summed E-state index contributed by atoms with van der Waals surface area (Å²) in [4.78, 5) is 11.6. The van der Waals surface area contributed by atoms with E-state index in [1.165, 1.54) is 24.6 Å². The van der Waals surface area contributed by atoms with E-state index in [1.54, 1.807) is 6.33 Å². The lowest BCUT2D eigenvalue weighted by Crippen LogP contribution is -2.35. The number of anilines is 1. The van der Waals surface area contributed by atoms with Crippen molar-refractivity contribution in [3.8, 4) is 0 Å². The fourth-order valence-electron chi connectivity index (χ4n) is 4.93. The van der Waals surface area contributed by atoms with Gasteiger partial charge in [0.1, 0.15) is 12.1 Å². The smallest absolute Gasteiger partial charge is 0.140 e. The Kier molecular flexibility index (Phi) is 2.60. The lowest BCUT2D eigenvalue weighted by Gasteiger charge is -2.39. The second-order valence-corrected chi connectivity index (χ2v) is 8.06. The van der Waals surface area contributed by atoms with E-state index in [1.807, 2.05) is 6.07 Å². The van der Waals surface area contributed by atoms with E-state index in [9.17, 15) is 0 Å². The molecule has 1 aliphatic heterocycles. The van der Waals surface area contributed by atoms with Crippen LogP contribution in [-0.2, 0) is 0 Å². The zero-order valence-electron chi connectivity index (χ0n) is 13.1. The Morgan fingerprint density at radius 2 is 1.90 bits per heavy atom. The van der Waals surface area contributed by atoms with Gasteiger partial charge in [0.2, 0.25) is 0 Å². The van der Waals surface area contributed by atoms with E-state index >= 15 is 0 Å². The molecule has 0 radical (unpaired) electrons. The Bertz CT molecular complexity index is 688. The minimum absolute atomic E-state index is 0.429. The van der Waals surface area contributed by atoms with E-state index < -0.39 is 0 Å². The van der Waals surface area contributed by atoms with Crippen molar-refractivity contribution in [2.45, 2.75) is 46.1 Å². The monoisotopic (exact) mass is 281 g/mol. The van der Waals surface area contributed by atoms with Crippen molar-refractivity contribution in [1.82, 2.24) is 9.97 Å². The zero-order chi connectivity index (χ0) is 14.7. The Labute approximate surface area is 126 Å². The molecule has 1 saturated carbocycles. The zero-order valence-corrected chi connectivity index (χ0v) is 13.1. The average molecular weight is 281 g/mol. The molecular formula is C18H23N3. The molecule has 0 spiro atoms. The molecule has 1 saturated heterocycles. The van der Waals surface area contributed by atoms with Crippen LogP contribution in [0.15, 0.2) is 30.6 Å². The quantitative estimate of drug-likeness (QED) is 0.790. The van der Waals surface area contributed by atoms with Gasteiger partial charge in [0.05, 0.1) is 5.52 Å². The van der Waals surface area contributed by atoms with Gasteiger partial charge in [0.25, 0.3) is 0 Å². The van der Waals surface area contributed by atoms with Gasteiger partial charge in [0.15, 0.2) is 0 Å². The minimum Gasteiger partial charge on any atom is -0.352 e. The Morgan fingerprint density at radius 1 is 1.10 bits per heavy atom. The molecule has 1 aromatic heterocycles. The van der Waals surface area contributed by atoms with Crippen molar-refractivity contribution in [2.75, 3.05) is 11.4 Å². The molecule has 1 aliphatic carbocycles. The molecule has 2 aliphatic rings. The molecule has 1 aromatic carbocycles. The van der Waals surface area contributed by atoms with Crippen molar-refractivity contribution in [3.63, 3.8) is 0 Å². The summed E-state index contributed by atoms with van der Waals surface area (Å²) in [5, 5.41) is 1.19. The minimum atomic E-state index is 0.429. The summed E-state index contributed by atoms with van der Waals surface area (Å²) in [6.45, 7) is 8.41. The Balaban J connectivity index is 1.80. The third-order valence-corrected chi connectivity index (χ3v) is 5.21. The Hall–Kier alpha value is -1.64. The highest BCUT2D eigenvalue weighted by Gasteiger charge is 2.50. The average Bonchev–Trinajstić information content (AvgIpc) is 2.67. The van der Waals surface area contributed by atoms with Crippen molar-refractivity contribution in [3.05, 3.63) is 30.6 Å². The predicted molar refractivity (Wildman–Crippen MR) is 86.4 cm³/mol. The van der Waals surface area contributed by atoms with Gasteiger partial charge in [0, 0.05) is 18.0 Å². The molecule has 21 heavy (non-hydrogen) atoms. The fourth-order valence-corrected chi connectivity index (χ4v) is 4.93. The fraction of sp³-hybridized carbons (Fsp3) is 0.556. The van der Waals surface area contributed by atoms with Crippen LogP contribution in [0.2, 0.25) is 0 Å². The van der Waals surface area contributed by atoms with Crippen LogP contribution in [-0.4, -0.2) is 22.6 Å². The lowest BCUT2D eigenvalue weighted by atomic mass is 9.65. The molecule has 3 heteroatoms. The summed E-state index contributed by atoms with van der Waals surface area (Å²) in [7, 11) is 0. The first-order valence-electron chi connectivity index (χ1n) is 7.92. The van der Waals surface area contributed by atoms with E-state index in [2.05, 4.69) is 53.8 Å². The molecule has 2 fully saturated rings. The summed E-state index contributed by atoms with van der Waals surface area (Å²) in [6, 6.07) is 8.99. The first-order chi connectivity index (χ1) is 9.96. The summed E-state index contributed by atoms with van der Waals surface area (Å²) < 4.78 is 0. The summed E-state index contributed by atoms with van der Waals surface area (Å²) >= 11 is 0. The van der Waals surface area contributed by atoms with Gasteiger partial charge in [-0.2, -0.15) is 0 Å². The molecule has 4 rings (SSSR count). The maximum Gasteiger partial charge on any atom is 0.140 e. The number of hydrogen-bond acceptors (Lipinski definition) is 3. The van der Waals surface area contributed by atoms with Crippen LogP contribution >= 0.6 is 0 Å². The number of para-hydroxylation sites is 1. The number of hydrogen-bond donors (Lipinski definition) is 0. The van der Waals surface area contributed by atoms with Crippen LogP contribution in [0.3, 0.4) is 0 Å². The molecule has 2 aromatic rings. The molecule has 0 amide bonds. The first-order valence-corrected chi connectivity index (χ1v) is 7.92. The highest BCUT2D eigenvalue weighted by Crippen LogP contribution is 2.53. The molecule has 0 N–H and O–H groups in total. The second-order valence-electron chi connectivity index (χ2n) is 8.06. The van der Waals surface area contributed by atoms with Crippen molar-refractivity contribution < 1.29 is 0 Å². The van der Waals surface area contributed by atoms with Crippen LogP contribution in [0, 0.1) is 10.8 Å². The van der Waals surface area contributed by atoms with Gasteiger partial charge in [-0.15, -0.1) is 0 Å². The van der Waals surface area contributed by atoms with Crippen molar-refractivity contribution in [2.24, 2.45) is 10.8 Å². The van der Waals surface area contributed by atoms with Gasteiger partial charge in [-0.25, -0.2) is 9.97 Å². The number of aromatic nitrogens is 2. The molecule has 3 nitrogen and oxygen atoms in total. The normalized spacial score (nSPS) is 30.8. The predicted octanol–water partition coefficient (Wildman–Crippen LogP) is 4.03. The third-order valence-electron chi connectivity index (χ3n) is 5.21. The SMILES string of the molecule is CC1(C)CC2CC(C)(CN2c2ncnc3ccccc23)C1. The molecule has 2 heterocycles. The number of rotatable bonds is 1. The van der Waals surface area contributed by atoms with E-state index in [-0.39, 0.29) is 0 Å². The highest BCUT2D eigenvalue weighted by molar-refractivity contribution is 5.89. The van der Waals surface area contributed by atoms with Gasteiger partial charge >= 0.3 is 0 Å². The molecular weight excluding hydrogens is 258 g/mol. The van der Waals surface area contributed by atoms with Gasteiger partial charge in [-0.05, 0) is 42.2 Å². The molecule has 2 unspecified atom stereocenters. The van der Waals surface area contributed by atoms with Crippen molar-refractivity contribution >= 4 is 16.7 Å². The van der Waals surface area contributed by atoms with Crippen LogP contribution in [0.1, 0.15) is 40.0 Å². The number of fused-ring (bicyclic) bond motifs is 3. The molecule has 2 atom stereocenters. The lowest BCUT2D eigenvalue weighted by molar-refractivity contribution is 0.136.